The summed E-state index contributed by atoms with van der Waals surface area (Å²) in [5.74, 6) is -0.425. The molecule has 1 amide bonds. The number of carbonyl (C=O) groups excluding carboxylic acids is 1. The molecular weight excluding hydrogens is 328 g/mol. The Balaban J connectivity index is 1.49. The van der Waals surface area contributed by atoms with Gasteiger partial charge in [0.1, 0.15) is 0 Å². The third kappa shape index (κ3) is 4.26. The molecule has 0 radical (unpaired) electrons. The number of hydrogen-bond donors (Lipinski definition) is 1. The molecule has 0 saturated carbocycles. The number of aliphatic carboxylic acids is 1. The van der Waals surface area contributed by atoms with E-state index in [1.165, 1.54) is 5.56 Å². The van der Waals surface area contributed by atoms with Gasteiger partial charge < -0.3 is 10.0 Å². The Hall–Kier alpha value is -1.88. The maximum Gasteiger partial charge on any atom is 0.308 e. The van der Waals surface area contributed by atoms with Gasteiger partial charge in [0.25, 0.3) is 0 Å². The molecule has 0 aliphatic carbocycles. The Morgan fingerprint density at radius 3 is 2.38 bits per heavy atom. The van der Waals surface area contributed by atoms with E-state index >= 15 is 0 Å². The first kappa shape index (κ1) is 18.9. The van der Waals surface area contributed by atoms with E-state index in [-0.39, 0.29) is 17.9 Å². The summed E-state index contributed by atoms with van der Waals surface area (Å²) in [6.07, 6.45) is 3.34. The second-order valence-electron chi connectivity index (χ2n) is 8.01. The van der Waals surface area contributed by atoms with Gasteiger partial charge in [-0.2, -0.15) is 0 Å². The first-order valence-corrected chi connectivity index (χ1v) is 9.75. The maximum atomic E-state index is 12.8. The third-order valence-corrected chi connectivity index (χ3v) is 6.16. The number of carboxylic acid groups (broad SMARTS) is 1. The van der Waals surface area contributed by atoms with Crippen molar-refractivity contribution in [1.82, 2.24) is 9.80 Å². The lowest BCUT2D eigenvalue weighted by Crippen LogP contribution is -2.49. The van der Waals surface area contributed by atoms with Crippen molar-refractivity contribution in [2.24, 2.45) is 17.8 Å². The fraction of sp³-hybridized carbons (Fsp3) is 0.619. The van der Waals surface area contributed by atoms with Crippen LogP contribution in [0.5, 0.6) is 0 Å². The van der Waals surface area contributed by atoms with E-state index in [4.69, 9.17) is 0 Å². The molecule has 5 nitrogen and oxygen atoms in total. The summed E-state index contributed by atoms with van der Waals surface area (Å²) >= 11 is 0. The quantitative estimate of drug-likeness (QED) is 0.879. The summed E-state index contributed by atoms with van der Waals surface area (Å²) in [4.78, 5) is 28.1. The van der Waals surface area contributed by atoms with Crippen LogP contribution in [0.3, 0.4) is 0 Å². The fourth-order valence-electron chi connectivity index (χ4n) is 4.38. The Morgan fingerprint density at radius 2 is 1.81 bits per heavy atom. The minimum absolute atomic E-state index is 0.0280. The van der Waals surface area contributed by atoms with E-state index in [1.807, 2.05) is 19.9 Å². The molecule has 3 atom stereocenters. The molecule has 0 aromatic heterocycles. The van der Waals surface area contributed by atoms with Crippen LogP contribution >= 0.6 is 0 Å². The standard InChI is InChI=1S/C21H30N2O3/c1-15-13-23(14-19(15)21(25)26)20(24)16(2)22-10-8-18(9-11-22)12-17-6-4-3-5-7-17/h3-7,15-16,18-19H,8-14H2,1-2H3,(H,25,26)/t15-,16?,19-/m1/s1. The fourth-order valence-corrected chi connectivity index (χ4v) is 4.38. The summed E-state index contributed by atoms with van der Waals surface area (Å²) < 4.78 is 0. The van der Waals surface area contributed by atoms with Crippen molar-refractivity contribution in [1.29, 1.82) is 0 Å². The second kappa shape index (κ2) is 8.21. The van der Waals surface area contributed by atoms with Crippen LogP contribution in [0.15, 0.2) is 30.3 Å². The molecule has 1 aromatic rings. The number of likely N-dealkylation sites (tertiary alicyclic amines) is 2. The number of hydrogen-bond acceptors (Lipinski definition) is 3. The molecule has 3 rings (SSSR count). The highest BCUT2D eigenvalue weighted by atomic mass is 16.4. The Bertz CT molecular complexity index is 625. The zero-order valence-corrected chi connectivity index (χ0v) is 15.8. The van der Waals surface area contributed by atoms with Crippen molar-refractivity contribution in [2.45, 2.75) is 39.2 Å². The van der Waals surface area contributed by atoms with Gasteiger partial charge in [-0.25, -0.2) is 0 Å². The summed E-state index contributed by atoms with van der Waals surface area (Å²) in [5.41, 5.74) is 1.39. The number of rotatable bonds is 5. The van der Waals surface area contributed by atoms with Gasteiger partial charge in [-0.3, -0.25) is 14.5 Å². The van der Waals surface area contributed by atoms with E-state index in [9.17, 15) is 14.7 Å². The number of piperidine rings is 1. The van der Waals surface area contributed by atoms with Crippen LogP contribution in [0.4, 0.5) is 0 Å². The minimum Gasteiger partial charge on any atom is -0.481 e. The zero-order chi connectivity index (χ0) is 18.7. The van der Waals surface area contributed by atoms with E-state index in [2.05, 4.69) is 29.2 Å². The maximum absolute atomic E-state index is 12.8. The molecule has 1 N–H and O–H groups in total. The Kier molecular flexibility index (Phi) is 5.97. The Morgan fingerprint density at radius 1 is 1.15 bits per heavy atom. The lowest BCUT2D eigenvalue weighted by atomic mass is 9.89. The number of carboxylic acids is 1. The number of nitrogens with zero attached hydrogens (tertiary/aromatic N) is 2. The first-order chi connectivity index (χ1) is 12.5. The van der Waals surface area contributed by atoms with Crippen LogP contribution in [-0.4, -0.2) is 59.0 Å². The molecule has 2 aliphatic rings. The van der Waals surface area contributed by atoms with Crippen LogP contribution < -0.4 is 0 Å². The molecule has 2 aliphatic heterocycles. The minimum atomic E-state index is -0.790. The molecular formula is C21H30N2O3. The van der Waals surface area contributed by atoms with E-state index < -0.39 is 11.9 Å². The van der Waals surface area contributed by atoms with Crippen molar-refractivity contribution < 1.29 is 14.7 Å². The van der Waals surface area contributed by atoms with Crippen molar-refractivity contribution in [3.05, 3.63) is 35.9 Å². The van der Waals surface area contributed by atoms with Gasteiger partial charge in [-0.05, 0) is 56.7 Å². The third-order valence-electron chi connectivity index (χ3n) is 6.16. The number of benzene rings is 1. The van der Waals surface area contributed by atoms with Gasteiger partial charge in [0.2, 0.25) is 5.91 Å². The predicted molar refractivity (Wildman–Crippen MR) is 101 cm³/mol. The van der Waals surface area contributed by atoms with Crippen LogP contribution in [0.25, 0.3) is 0 Å². The Labute approximate surface area is 156 Å². The average molecular weight is 358 g/mol. The largest absolute Gasteiger partial charge is 0.481 e. The zero-order valence-electron chi connectivity index (χ0n) is 15.8. The van der Waals surface area contributed by atoms with E-state index in [0.717, 1.165) is 32.4 Å². The van der Waals surface area contributed by atoms with E-state index in [1.54, 1.807) is 4.90 Å². The predicted octanol–water partition coefficient (Wildman–Crippen LogP) is 2.51. The molecule has 1 unspecified atom stereocenters. The van der Waals surface area contributed by atoms with Crippen molar-refractivity contribution in [3.63, 3.8) is 0 Å². The summed E-state index contributed by atoms with van der Waals surface area (Å²) in [7, 11) is 0. The van der Waals surface area contributed by atoms with Gasteiger partial charge in [-0.15, -0.1) is 0 Å². The molecule has 2 heterocycles. The number of amides is 1. The summed E-state index contributed by atoms with van der Waals surface area (Å²) in [6, 6.07) is 10.4. The summed E-state index contributed by atoms with van der Waals surface area (Å²) in [6.45, 7) is 6.69. The molecule has 2 saturated heterocycles. The van der Waals surface area contributed by atoms with Gasteiger partial charge in [0, 0.05) is 13.1 Å². The highest BCUT2D eigenvalue weighted by Crippen LogP contribution is 2.26. The molecule has 2 fully saturated rings. The second-order valence-corrected chi connectivity index (χ2v) is 8.01. The highest BCUT2D eigenvalue weighted by molar-refractivity contribution is 5.83. The van der Waals surface area contributed by atoms with Crippen molar-refractivity contribution >= 4 is 11.9 Å². The molecule has 5 heteroatoms. The van der Waals surface area contributed by atoms with Crippen molar-refractivity contribution in [3.8, 4) is 0 Å². The van der Waals surface area contributed by atoms with Gasteiger partial charge in [-0.1, -0.05) is 37.3 Å². The SMILES string of the molecule is CC(C(=O)N1C[C@@H](C)[C@H](C(=O)O)C1)N1CCC(Cc2ccccc2)CC1. The lowest BCUT2D eigenvalue weighted by Gasteiger charge is -2.36. The molecule has 1 aromatic carbocycles. The van der Waals surface area contributed by atoms with Gasteiger partial charge >= 0.3 is 5.97 Å². The van der Waals surface area contributed by atoms with Gasteiger partial charge in [0.15, 0.2) is 0 Å². The van der Waals surface area contributed by atoms with E-state index in [0.29, 0.717) is 19.0 Å². The summed E-state index contributed by atoms with van der Waals surface area (Å²) in [5, 5.41) is 9.27. The average Bonchev–Trinajstić information content (AvgIpc) is 3.04. The van der Waals surface area contributed by atoms with Crippen LogP contribution in [0, 0.1) is 17.8 Å². The lowest BCUT2D eigenvalue weighted by molar-refractivity contribution is -0.142. The molecule has 26 heavy (non-hydrogen) atoms. The normalized spacial score (nSPS) is 26.0. The molecule has 0 spiro atoms. The van der Waals surface area contributed by atoms with Crippen LogP contribution in [-0.2, 0) is 16.0 Å². The first-order valence-electron chi connectivity index (χ1n) is 9.75. The molecule has 0 bridgehead atoms. The van der Waals surface area contributed by atoms with Gasteiger partial charge in [0.05, 0.1) is 12.0 Å². The monoisotopic (exact) mass is 358 g/mol. The smallest absolute Gasteiger partial charge is 0.308 e. The highest BCUT2D eigenvalue weighted by Gasteiger charge is 2.39. The number of carbonyl (C=O) groups is 2. The molecule has 142 valence electrons. The topological polar surface area (TPSA) is 60.9 Å². The van der Waals surface area contributed by atoms with Crippen molar-refractivity contribution in [2.75, 3.05) is 26.2 Å². The van der Waals surface area contributed by atoms with Crippen LogP contribution in [0.1, 0.15) is 32.3 Å². The van der Waals surface area contributed by atoms with Crippen LogP contribution in [0.2, 0.25) is 0 Å².